The maximum atomic E-state index is 13.8. The van der Waals surface area contributed by atoms with Gasteiger partial charge in [0.15, 0.2) is 5.52 Å². The smallest absolute Gasteiger partial charge is 0.281 e. The van der Waals surface area contributed by atoms with Gasteiger partial charge in [-0.05, 0) is 116 Å². The monoisotopic (exact) mass is 916 g/mol. The van der Waals surface area contributed by atoms with E-state index >= 15 is 0 Å². The molecule has 4 aliphatic rings. The highest BCUT2D eigenvalue weighted by atomic mass is 32.1. The number of aliphatic hydroxyl groups is 1. The lowest BCUT2D eigenvalue weighted by Crippen LogP contribution is -2.49. The van der Waals surface area contributed by atoms with Crippen molar-refractivity contribution in [3.8, 4) is 21.7 Å². The molecule has 6 aromatic rings. The van der Waals surface area contributed by atoms with E-state index in [1.54, 1.807) is 4.68 Å². The second kappa shape index (κ2) is 18.8. The van der Waals surface area contributed by atoms with Crippen LogP contribution in [0.5, 0.6) is 0 Å². The quantitative estimate of drug-likeness (QED) is 0.118. The van der Waals surface area contributed by atoms with Gasteiger partial charge in [0.05, 0.1) is 24.2 Å². The number of thiophene rings is 1. The number of aromatic nitrogens is 4. The van der Waals surface area contributed by atoms with E-state index in [-0.39, 0.29) is 29.4 Å². The zero-order chi connectivity index (χ0) is 46.4. The van der Waals surface area contributed by atoms with Crippen molar-refractivity contribution in [2.24, 2.45) is 13.0 Å². The topological polar surface area (TPSA) is 112 Å². The predicted molar refractivity (Wildman–Crippen MR) is 270 cm³/mol. The molecule has 348 valence electrons. The van der Waals surface area contributed by atoms with Crippen LogP contribution < -0.4 is 15.8 Å². The number of hydrogen-bond donors (Lipinski definition) is 2. The lowest BCUT2D eigenvalue weighted by Gasteiger charge is -2.38. The number of allylic oxidation sites excluding steroid dienone is 3. The van der Waals surface area contributed by atoms with Crippen molar-refractivity contribution in [3.63, 3.8) is 0 Å². The first kappa shape index (κ1) is 45.1. The van der Waals surface area contributed by atoms with Gasteiger partial charge in [-0.3, -0.25) is 23.7 Å². The number of carbonyl (C=O) groups excluding carboxylic acids is 1. The molecule has 10 rings (SSSR count). The van der Waals surface area contributed by atoms with E-state index in [1.165, 1.54) is 55.0 Å². The third kappa shape index (κ3) is 9.09. The largest absolute Gasteiger partial charge is 0.388 e. The number of rotatable bonds is 13. The number of benzene rings is 3. The summed E-state index contributed by atoms with van der Waals surface area (Å²) in [6.07, 6.45) is 9.76. The van der Waals surface area contributed by atoms with Crippen LogP contribution in [0.25, 0.3) is 32.7 Å². The molecule has 2 unspecified atom stereocenters. The van der Waals surface area contributed by atoms with Crippen molar-refractivity contribution in [1.29, 1.82) is 0 Å². The Balaban J connectivity index is 0.712. The summed E-state index contributed by atoms with van der Waals surface area (Å²) in [5, 5.41) is 22.4. The van der Waals surface area contributed by atoms with Crippen LogP contribution in [-0.4, -0.2) is 91.1 Å². The third-order valence-corrected chi connectivity index (χ3v) is 16.3. The molecule has 3 aromatic carbocycles. The van der Waals surface area contributed by atoms with Gasteiger partial charge in [-0.25, -0.2) is 4.98 Å². The maximum absolute atomic E-state index is 13.8. The molecular formula is C55H64N8O3S. The molecule has 3 atom stereocenters. The SMILES string of the molecule is CCN1C2=CC=C(CNC3CCN(Cc4ccc(-c5c6ncn(CC7(O)CCN(C(=O)C[C@@H](C)c8ccccc8)CC7)c(=O)c6nn5C)cc4)CC3)C(C)C2c2ccc(-c3cc(C)cs3)cc21. The van der Waals surface area contributed by atoms with Crippen LogP contribution in [0.15, 0.2) is 119 Å². The van der Waals surface area contributed by atoms with Gasteiger partial charge < -0.3 is 20.2 Å². The van der Waals surface area contributed by atoms with E-state index < -0.39 is 5.60 Å². The van der Waals surface area contributed by atoms with Gasteiger partial charge in [0.25, 0.3) is 5.56 Å². The molecule has 2 N–H and O–H groups in total. The molecule has 3 aromatic heterocycles. The fraction of sp³-hybridized carbons (Fsp3) is 0.418. The summed E-state index contributed by atoms with van der Waals surface area (Å²) in [6, 6.07) is 28.6. The zero-order valence-corrected chi connectivity index (χ0v) is 40.4. The van der Waals surface area contributed by atoms with Gasteiger partial charge in [0, 0.05) is 80.0 Å². The van der Waals surface area contributed by atoms with E-state index in [9.17, 15) is 14.7 Å². The molecule has 11 nitrogen and oxygen atoms in total. The number of aryl methyl sites for hydroxylation is 2. The van der Waals surface area contributed by atoms with Crippen LogP contribution in [0.2, 0.25) is 0 Å². The summed E-state index contributed by atoms with van der Waals surface area (Å²) in [5.41, 5.74) is 12.0. The van der Waals surface area contributed by atoms with Gasteiger partial charge in [-0.15, -0.1) is 11.3 Å². The Kier molecular flexibility index (Phi) is 12.7. The van der Waals surface area contributed by atoms with Gasteiger partial charge in [-0.2, -0.15) is 5.10 Å². The number of anilines is 1. The highest BCUT2D eigenvalue weighted by Crippen LogP contribution is 2.52. The highest BCUT2D eigenvalue weighted by molar-refractivity contribution is 7.13. The molecule has 67 heavy (non-hydrogen) atoms. The summed E-state index contributed by atoms with van der Waals surface area (Å²) in [5.74, 6) is 1.04. The second-order valence-corrected chi connectivity index (χ2v) is 20.6. The van der Waals surface area contributed by atoms with E-state index in [0.717, 1.165) is 62.4 Å². The van der Waals surface area contributed by atoms with Crippen LogP contribution in [0.4, 0.5) is 5.69 Å². The lowest BCUT2D eigenvalue weighted by atomic mass is 9.78. The van der Waals surface area contributed by atoms with Crippen LogP contribution in [0.3, 0.4) is 0 Å². The Morgan fingerprint density at radius 3 is 2.42 bits per heavy atom. The molecule has 0 radical (unpaired) electrons. The first-order valence-electron chi connectivity index (χ1n) is 24.3. The third-order valence-electron chi connectivity index (χ3n) is 15.2. The molecule has 0 bridgehead atoms. The van der Waals surface area contributed by atoms with Gasteiger partial charge >= 0.3 is 0 Å². The molecule has 1 amide bonds. The standard InChI is InChI=1S/C55H64N8O3S/c1-6-63-46-19-17-43(38(4)50(46)45-18-16-42(30-47(45)63)48-28-36(2)33-67-48)31-56-44-20-24-60(25-21-44)32-39-12-14-41(15-13-39)53-51-52(58-59(53)5)54(65)62(35-57-51)34-55(66)22-26-61(27-23-55)49(64)29-37(3)40-10-8-7-9-11-40/h7-19,28,30,33,35,37-38,44,50,56,66H,6,20-27,29,31-32,34H2,1-5H3/t37-,38?,50?/m1/s1. The number of nitrogens with one attached hydrogen (secondary N) is 1. The molecule has 0 spiro atoms. The predicted octanol–water partition coefficient (Wildman–Crippen LogP) is 9.02. The van der Waals surface area contributed by atoms with Gasteiger partial charge in [0.2, 0.25) is 5.91 Å². The van der Waals surface area contributed by atoms with E-state index in [0.29, 0.717) is 55.7 Å². The van der Waals surface area contributed by atoms with E-state index in [2.05, 4.69) is 126 Å². The summed E-state index contributed by atoms with van der Waals surface area (Å²) >= 11 is 1.83. The maximum Gasteiger partial charge on any atom is 0.281 e. The summed E-state index contributed by atoms with van der Waals surface area (Å²) in [7, 11) is 1.85. The molecule has 0 saturated carbocycles. The van der Waals surface area contributed by atoms with Crippen molar-refractivity contribution >= 4 is 34.0 Å². The Morgan fingerprint density at radius 1 is 0.955 bits per heavy atom. The average molecular weight is 917 g/mol. The second-order valence-electron chi connectivity index (χ2n) is 19.7. The number of piperidine rings is 2. The molecule has 2 saturated heterocycles. The lowest BCUT2D eigenvalue weighted by molar-refractivity contribution is -0.136. The number of hydrogen-bond acceptors (Lipinski definition) is 9. The number of amides is 1. The Hall–Kier alpha value is -5.66. The molecule has 2 fully saturated rings. The van der Waals surface area contributed by atoms with Crippen LogP contribution in [-0.2, 0) is 24.9 Å². The van der Waals surface area contributed by atoms with Crippen molar-refractivity contribution in [3.05, 3.63) is 147 Å². The highest BCUT2D eigenvalue weighted by Gasteiger charge is 2.40. The van der Waals surface area contributed by atoms with Crippen LogP contribution in [0.1, 0.15) is 87.0 Å². The number of carbonyl (C=O) groups is 1. The minimum atomic E-state index is -1.12. The Bertz CT molecular complexity index is 2880. The van der Waals surface area contributed by atoms with Crippen molar-refractivity contribution in [1.82, 2.24) is 34.4 Å². The molecule has 3 aliphatic heterocycles. The summed E-state index contributed by atoms with van der Waals surface area (Å²) in [6.45, 7) is 14.8. The number of likely N-dealkylation sites (N-methyl/N-ethyl adjacent to an activating group) is 1. The summed E-state index contributed by atoms with van der Waals surface area (Å²) in [4.78, 5) is 39.9. The first-order valence-corrected chi connectivity index (χ1v) is 25.2. The zero-order valence-electron chi connectivity index (χ0n) is 39.6. The summed E-state index contributed by atoms with van der Waals surface area (Å²) < 4.78 is 3.22. The van der Waals surface area contributed by atoms with E-state index in [4.69, 9.17) is 4.98 Å². The van der Waals surface area contributed by atoms with Gasteiger partial charge in [-0.1, -0.05) is 92.2 Å². The van der Waals surface area contributed by atoms with Crippen molar-refractivity contribution in [2.45, 2.75) is 96.4 Å². The fourth-order valence-electron chi connectivity index (χ4n) is 11.1. The number of likely N-dealkylation sites (tertiary alicyclic amines) is 2. The van der Waals surface area contributed by atoms with Crippen molar-refractivity contribution in [2.75, 3.05) is 44.2 Å². The van der Waals surface area contributed by atoms with Crippen molar-refractivity contribution < 1.29 is 9.90 Å². The molecule has 6 heterocycles. The first-order chi connectivity index (χ1) is 32.4. The van der Waals surface area contributed by atoms with Crippen LogP contribution >= 0.6 is 11.3 Å². The Morgan fingerprint density at radius 2 is 1.70 bits per heavy atom. The van der Waals surface area contributed by atoms with Crippen LogP contribution in [0, 0.1) is 12.8 Å². The minimum absolute atomic E-state index is 0.0917. The number of nitrogens with zero attached hydrogens (tertiary/aromatic N) is 7. The number of fused-ring (bicyclic) bond motifs is 4. The average Bonchev–Trinajstić information content (AvgIpc) is 4.03. The molecular weight excluding hydrogens is 853 g/mol. The Labute approximate surface area is 398 Å². The normalized spacial score (nSPS) is 20.1. The molecule has 1 aliphatic carbocycles. The minimum Gasteiger partial charge on any atom is -0.388 e. The van der Waals surface area contributed by atoms with Gasteiger partial charge in [0.1, 0.15) is 5.52 Å². The van der Waals surface area contributed by atoms with E-state index in [1.807, 2.05) is 41.5 Å². The molecule has 12 heteroatoms. The fourth-order valence-corrected chi connectivity index (χ4v) is 12.0.